The standard InChI is InChI=1S/C17H20ClN3OS/c18-14-2-1-3-15(11-14)20-16(21-22)10-12-4-6-13(7-5-12)17-19-8-9-23-17/h1-3,8-9,11-13,22H,4-7,10H2,(H,20,21). The molecule has 0 unspecified atom stereocenters. The summed E-state index contributed by atoms with van der Waals surface area (Å²) in [5.74, 6) is 1.75. The van der Waals surface area contributed by atoms with Crippen LogP contribution in [-0.2, 0) is 0 Å². The molecule has 4 nitrogen and oxygen atoms in total. The van der Waals surface area contributed by atoms with Crippen LogP contribution in [-0.4, -0.2) is 16.0 Å². The molecule has 0 atom stereocenters. The van der Waals surface area contributed by atoms with E-state index in [2.05, 4.69) is 15.5 Å². The van der Waals surface area contributed by atoms with Crippen LogP contribution >= 0.6 is 22.9 Å². The molecule has 23 heavy (non-hydrogen) atoms. The molecule has 1 saturated carbocycles. The first kappa shape index (κ1) is 16.4. The molecular formula is C17H20ClN3OS. The maximum absolute atomic E-state index is 9.37. The fourth-order valence-corrected chi connectivity index (χ4v) is 4.14. The number of rotatable bonds is 4. The third-order valence-electron chi connectivity index (χ3n) is 4.33. The van der Waals surface area contributed by atoms with Crippen molar-refractivity contribution in [1.29, 1.82) is 0 Å². The predicted octanol–water partition coefficient (Wildman–Crippen LogP) is 5.17. The highest BCUT2D eigenvalue weighted by atomic mass is 35.5. The van der Waals surface area contributed by atoms with Crippen LogP contribution in [0.25, 0.3) is 0 Å². The summed E-state index contributed by atoms with van der Waals surface area (Å²) in [6, 6.07) is 7.34. The number of hydroxylamine groups is 1. The lowest BCUT2D eigenvalue weighted by molar-refractivity contribution is 0.226. The van der Waals surface area contributed by atoms with Crippen LogP contribution in [0.5, 0.6) is 0 Å². The monoisotopic (exact) mass is 349 g/mol. The molecule has 0 bridgehead atoms. The molecule has 1 fully saturated rings. The van der Waals surface area contributed by atoms with Gasteiger partial charge in [-0.3, -0.25) is 10.7 Å². The highest BCUT2D eigenvalue weighted by Gasteiger charge is 2.24. The van der Waals surface area contributed by atoms with Crippen molar-refractivity contribution >= 4 is 34.5 Å². The highest BCUT2D eigenvalue weighted by molar-refractivity contribution is 7.09. The first-order chi connectivity index (χ1) is 11.2. The van der Waals surface area contributed by atoms with E-state index in [4.69, 9.17) is 11.6 Å². The van der Waals surface area contributed by atoms with Gasteiger partial charge in [0.1, 0.15) is 5.84 Å². The Morgan fingerprint density at radius 2 is 2.17 bits per heavy atom. The van der Waals surface area contributed by atoms with Gasteiger partial charge in [0.25, 0.3) is 0 Å². The van der Waals surface area contributed by atoms with Gasteiger partial charge in [-0.15, -0.1) is 11.3 Å². The van der Waals surface area contributed by atoms with Gasteiger partial charge < -0.3 is 0 Å². The van der Waals surface area contributed by atoms with Gasteiger partial charge in [-0.2, -0.15) is 0 Å². The van der Waals surface area contributed by atoms with Crippen molar-refractivity contribution in [2.75, 3.05) is 0 Å². The quantitative estimate of drug-likeness (QED) is 0.455. The minimum atomic E-state index is 0.545. The van der Waals surface area contributed by atoms with E-state index in [0.29, 0.717) is 22.7 Å². The Labute approximate surface area is 145 Å². The van der Waals surface area contributed by atoms with Crippen LogP contribution in [0, 0.1) is 5.92 Å². The van der Waals surface area contributed by atoms with Crippen LogP contribution in [0.3, 0.4) is 0 Å². The van der Waals surface area contributed by atoms with E-state index >= 15 is 0 Å². The molecular weight excluding hydrogens is 330 g/mol. The first-order valence-corrected chi connectivity index (χ1v) is 9.13. The summed E-state index contributed by atoms with van der Waals surface area (Å²) in [7, 11) is 0. The second-order valence-corrected chi connectivity index (χ2v) is 7.30. The van der Waals surface area contributed by atoms with E-state index in [0.717, 1.165) is 37.8 Å². The van der Waals surface area contributed by atoms with Crippen LogP contribution in [0.1, 0.15) is 43.0 Å². The molecule has 1 heterocycles. The second-order valence-electron chi connectivity index (χ2n) is 5.94. The summed E-state index contributed by atoms with van der Waals surface area (Å²) in [4.78, 5) is 8.90. The number of nitrogens with one attached hydrogen (secondary N) is 1. The van der Waals surface area contributed by atoms with Crippen molar-refractivity contribution in [3.8, 4) is 0 Å². The molecule has 122 valence electrons. The lowest BCUT2D eigenvalue weighted by Gasteiger charge is -2.27. The van der Waals surface area contributed by atoms with E-state index < -0.39 is 0 Å². The van der Waals surface area contributed by atoms with Crippen molar-refractivity contribution in [3.63, 3.8) is 0 Å². The van der Waals surface area contributed by atoms with E-state index in [1.165, 1.54) is 5.01 Å². The molecule has 6 heteroatoms. The van der Waals surface area contributed by atoms with Crippen molar-refractivity contribution in [3.05, 3.63) is 45.9 Å². The summed E-state index contributed by atoms with van der Waals surface area (Å²) < 4.78 is 0. The fraction of sp³-hybridized carbons (Fsp3) is 0.412. The van der Waals surface area contributed by atoms with Crippen molar-refractivity contribution in [2.24, 2.45) is 10.9 Å². The molecule has 1 aliphatic carbocycles. The molecule has 0 radical (unpaired) electrons. The number of aromatic nitrogens is 1. The molecule has 1 aromatic carbocycles. The Balaban J connectivity index is 1.58. The summed E-state index contributed by atoms with van der Waals surface area (Å²) in [5.41, 5.74) is 3.01. The predicted molar refractivity (Wildman–Crippen MR) is 94.9 cm³/mol. The zero-order valence-corrected chi connectivity index (χ0v) is 14.4. The minimum absolute atomic E-state index is 0.545. The Hall–Kier alpha value is -1.43. The van der Waals surface area contributed by atoms with Crippen LogP contribution in [0.15, 0.2) is 40.8 Å². The molecule has 0 amide bonds. The summed E-state index contributed by atoms with van der Waals surface area (Å²) in [5, 5.41) is 13.3. The number of hydrogen-bond acceptors (Lipinski definition) is 4. The van der Waals surface area contributed by atoms with Gasteiger partial charge in [0.05, 0.1) is 10.7 Å². The molecule has 0 saturated heterocycles. The van der Waals surface area contributed by atoms with E-state index in [1.54, 1.807) is 17.4 Å². The minimum Gasteiger partial charge on any atom is -0.290 e. The number of nitrogens with zero attached hydrogens (tertiary/aromatic N) is 2. The smallest absolute Gasteiger partial charge is 0.126 e. The highest BCUT2D eigenvalue weighted by Crippen LogP contribution is 2.37. The first-order valence-electron chi connectivity index (χ1n) is 7.87. The lowest BCUT2D eigenvalue weighted by atomic mass is 9.80. The third kappa shape index (κ3) is 4.53. The lowest BCUT2D eigenvalue weighted by Crippen LogP contribution is -2.24. The third-order valence-corrected chi connectivity index (χ3v) is 5.50. The van der Waals surface area contributed by atoms with Gasteiger partial charge >= 0.3 is 0 Å². The largest absolute Gasteiger partial charge is 0.290 e. The molecule has 1 aliphatic rings. The summed E-state index contributed by atoms with van der Waals surface area (Å²) in [6.07, 6.45) is 7.24. The Bertz CT molecular complexity index is 652. The number of aliphatic imine (C=N–C) groups is 1. The zero-order chi connectivity index (χ0) is 16.1. The van der Waals surface area contributed by atoms with Gasteiger partial charge in [0, 0.05) is 28.9 Å². The topological polar surface area (TPSA) is 57.5 Å². The average molecular weight is 350 g/mol. The van der Waals surface area contributed by atoms with Crippen LogP contribution in [0.2, 0.25) is 5.02 Å². The number of benzene rings is 1. The molecule has 2 N–H and O–H groups in total. The zero-order valence-electron chi connectivity index (χ0n) is 12.8. The normalized spacial score (nSPS) is 22.1. The van der Waals surface area contributed by atoms with Gasteiger partial charge in [-0.1, -0.05) is 17.7 Å². The molecule has 1 aromatic heterocycles. The van der Waals surface area contributed by atoms with E-state index in [9.17, 15) is 5.21 Å². The van der Waals surface area contributed by atoms with Gasteiger partial charge in [0.15, 0.2) is 0 Å². The second kappa shape index (κ2) is 7.90. The molecule has 3 rings (SSSR count). The Kier molecular flexibility index (Phi) is 5.65. The number of hydrogen-bond donors (Lipinski definition) is 2. The number of thiazole rings is 1. The molecule has 0 spiro atoms. The summed E-state index contributed by atoms with van der Waals surface area (Å²) >= 11 is 7.72. The molecule has 2 aromatic rings. The van der Waals surface area contributed by atoms with Gasteiger partial charge in [0.2, 0.25) is 0 Å². The van der Waals surface area contributed by atoms with Crippen LogP contribution < -0.4 is 5.48 Å². The van der Waals surface area contributed by atoms with Crippen molar-refractivity contribution < 1.29 is 5.21 Å². The van der Waals surface area contributed by atoms with E-state index in [-0.39, 0.29) is 0 Å². The van der Waals surface area contributed by atoms with E-state index in [1.807, 2.05) is 29.8 Å². The SMILES string of the molecule is ONC(CC1CCC(c2nccs2)CC1)=Nc1cccc(Cl)c1. The molecule has 0 aliphatic heterocycles. The summed E-state index contributed by atoms with van der Waals surface area (Å²) in [6.45, 7) is 0. The number of amidine groups is 1. The fourth-order valence-electron chi connectivity index (χ4n) is 3.14. The van der Waals surface area contributed by atoms with Crippen molar-refractivity contribution in [1.82, 2.24) is 10.5 Å². The van der Waals surface area contributed by atoms with Gasteiger partial charge in [-0.05, 0) is 49.8 Å². The van der Waals surface area contributed by atoms with Crippen molar-refractivity contribution in [2.45, 2.75) is 38.0 Å². The Morgan fingerprint density at radius 1 is 1.35 bits per heavy atom. The number of halogens is 1. The van der Waals surface area contributed by atoms with Gasteiger partial charge in [-0.25, -0.2) is 9.98 Å². The average Bonchev–Trinajstić information content (AvgIpc) is 3.09. The van der Waals surface area contributed by atoms with Crippen LogP contribution in [0.4, 0.5) is 5.69 Å². The Morgan fingerprint density at radius 3 is 2.83 bits per heavy atom. The maximum atomic E-state index is 9.37. The maximum Gasteiger partial charge on any atom is 0.126 e.